The summed E-state index contributed by atoms with van der Waals surface area (Å²) < 4.78 is 18.0. The first kappa shape index (κ1) is 10.9. The van der Waals surface area contributed by atoms with Crippen molar-refractivity contribution in [2.45, 2.75) is 20.3 Å². The Kier molecular flexibility index (Phi) is 2.82. The number of hydrogen-bond acceptors (Lipinski definition) is 1. The zero-order chi connectivity index (χ0) is 11.6. The Morgan fingerprint density at radius 1 is 1.25 bits per heavy atom. The van der Waals surface area contributed by atoms with E-state index < -0.39 is 6.01 Å². The first-order chi connectivity index (χ1) is 7.58. The highest BCUT2D eigenvalue weighted by Gasteiger charge is 2.30. The Balaban J connectivity index is 2.10. The molecule has 0 unspecified atom stereocenters. The summed E-state index contributed by atoms with van der Waals surface area (Å²) >= 11 is 0. The van der Waals surface area contributed by atoms with E-state index in [0.717, 1.165) is 6.42 Å². The molecule has 1 aliphatic heterocycles. The molecule has 0 saturated carbocycles. The van der Waals surface area contributed by atoms with Gasteiger partial charge in [0, 0.05) is 11.5 Å². The summed E-state index contributed by atoms with van der Waals surface area (Å²) in [5, 5.41) is 0. The summed E-state index contributed by atoms with van der Waals surface area (Å²) in [5.74, 6) is 0.689. The fraction of sp³-hybridized carbons (Fsp3) is 0.286. The van der Waals surface area contributed by atoms with Crippen LogP contribution in [-0.2, 0) is 11.2 Å². The second-order valence-electron chi connectivity index (χ2n) is 4.53. The Hall–Kier alpha value is -1.57. The van der Waals surface area contributed by atoms with Crippen LogP contribution in [0.15, 0.2) is 54.3 Å². The molecular weight excluding hydrogens is 203 g/mol. The summed E-state index contributed by atoms with van der Waals surface area (Å²) in [5.41, 5.74) is 0.862. The van der Waals surface area contributed by atoms with Gasteiger partial charge in [-0.1, -0.05) is 30.3 Å². The van der Waals surface area contributed by atoms with Crippen molar-refractivity contribution in [3.63, 3.8) is 0 Å². The van der Waals surface area contributed by atoms with Crippen LogP contribution in [-0.4, -0.2) is 0 Å². The summed E-state index contributed by atoms with van der Waals surface area (Å²) in [7, 11) is 0. The number of allylic oxidation sites excluding steroid dienone is 2. The highest BCUT2D eigenvalue weighted by molar-refractivity contribution is 5.25. The molecule has 1 aromatic rings. The lowest BCUT2D eigenvalue weighted by Crippen LogP contribution is -2.07. The average molecular weight is 218 g/mol. The van der Waals surface area contributed by atoms with Crippen LogP contribution in [0.25, 0.3) is 0 Å². The van der Waals surface area contributed by atoms with Gasteiger partial charge in [0.2, 0.25) is 0 Å². The Bertz CT molecular complexity index is 429. The highest BCUT2D eigenvalue weighted by Crippen LogP contribution is 2.38. The van der Waals surface area contributed by atoms with E-state index in [1.807, 2.05) is 50.3 Å². The zero-order valence-electron chi connectivity index (χ0n) is 9.53. The maximum Gasteiger partial charge on any atom is 0.274 e. The van der Waals surface area contributed by atoms with E-state index >= 15 is 0 Å². The molecule has 0 atom stereocenters. The molecule has 0 spiro atoms. The Labute approximate surface area is 95.2 Å². The molecule has 0 amide bonds. The molecule has 1 heterocycles. The summed E-state index contributed by atoms with van der Waals surface area (Å²) in [6, 6.07) is 9.56. The van der Waals surface area contributed by atoms with Crippen LogP contribution >= 0.6 is 0 Å². The van der Waals surface area contributed by atoms with Crippen molar-refractivity contribution in [1.82, 2.24) is 0 Å². The van der Waals surface area contributed by atoms with Crippen LogP contribution in [0, 0.1) is 5.41 Å². The molecule has 84 valence electrons. The van der Waals surface area contributed by atoms with Crippen molar-refractivity contribution in [1.29, 1.82) is 0 Å². The van der Waals surface area contributed by atoms with Gasteiger partial charge in [-0.05, 0) is 31.9 Å². The lowest BCUT2D eigenvalue weighted by molar-refractivity contribution is 0.210. The number of hydrogen-bond donors (Lipinski definition) is 0. The second kappa shape index (κ2) is 4.12. The average Bonchev–Trinajstić information content (AvgIpc) is 2.50. The summed E-state index contributed by atoms with van der Waals surface area (Å²) in [4.78, 5) is 0. The minimum atomic E-state index is -0.496. The first-order valence-electron chi connectivity index (χ1n) is 5.39. The molecule has 0 radical (unpaired) electrons. The summed E-state index contributed by atoms with van der Waals surface area (Å²) in [6.07, 6.45) is 4.21. The van der Waals surface area contributed by atoms with Crippen molar-refractivity contribution in [2.24, 2.45) is 5.41 Å². The third-order valence-electron chi connectivity index (χ3n) is 2.68. The molecule has 0 aromatic heterocycles. The van der Waals surface area contributed by atoms with E-state index in [2.05, 4.69) is 0 Å². The van der Waals surface area contributed by atoms with Crippen LogP contribution < -0.4 is 0 Å². The van der Waals surface area contributed by atoms with Crippen molar-refractivity contribution in [3.8, 4) is 0 Å². The molecular formula is C14H15FO. The maximum atomic E-state index is 13.0. The SMILES string of the molecule is CC1(C)C=C(F)O/C1=C\Cc1ccccc1. The zero-order valence-corrected chi connectivity index (χ0v) is 9.53. The summed E-state index contributed by atoms with van der Waals surface area (Å²) in [6.45, 7) is 3.88. The number of rotatable bonds is 2. The Morgan fingerprint density at radius 2 is 1.94 bits per heavy atom. The molecule has 16 heavy (non-hydrogen) atoms. The van der Waals surface area contributed by atoms with E-state index in [-0.39, 0.29) is 5.41 Å². The van der Waals surface area contributed by atoms with Gasteiger partial charge in [-0.25, -0.2) is 0 Å². The van der Waals surface area contributed by atoms with Gasteiger partial charge in [-0.2, -0.15) is 4.39 Å². The molecule has 1 nitrogen and oxygen atoms in total. The van der Waals surface area contributed by atoms with E-state index in [1.165, 1.54) is 11.6 Å². The van der Waals surface area contributed by atoms with Gasteiger partial charge >= 0.3 is 0 Å². The smallest absolute Gasteiger partial charge is 0.274 e. The predicted octanol–water partition coefficient (Wildman–Crippen LogP) is 3.98. The van der Waals surface area contributed by atoms with Gasteiger partial charge in [0.15, 0.2) is 0 Å². The standard InChI is InChI=1S/C14H15FO/c1-14(2)10-13(15)16-12(14)9-8-11-6-4-3-5-7-11/h3-7,9-10H,8H2,1-2H3/b12-9-. The molecule has 0 aliphatic carbocycles. The number of halogens is 1. The molecule has 0 fully saturated rings. The van der Waals surface area contributed by atoms with E-state index in [9.17, 15) is 4.39 Å². The van der Waals surface area contributed by atoms with Gasteiger partial charge < -0.3 is 4.74 Å². The van der Waals surface area contributed by atoms with Crippen LogP contribution in [0.3, 0.4) is 0 Å². The largest absolute Gasteiger partial charge is 0.436 e. The quantitative estimate of drug-likeness (QED) is 0.729. The van der Waals surface area contributed by atoms with Crippen LogP contribution in [0.1, 0.15) is 19.4 Å². The normalized spacial score (nSPS) is 20.7. The third kappa shape index (κ3) is 2.32. The molecule has 0 saturated heterocycles. The van der Waals surface area contributed by atoms with Crippen molar-refractivity contribution < 1.29 is 9.13 Å². The van der Waals surface area contributed by atoms with Gasteiger partial charge in [0.25, 0.3) is 6.01 Å². The molecule has 0 bridgehead atoms. The van der Waals surface area contributed by atoms with E-state index in [4.69, 9.17) is 4.74 Å². The molecule has 2 heteroatoms. The first-order valence-corrected chi connectivity index (χ1v) is 5.39. The van der Waals surface area contributed by atoms with Crippen molar-refractivity contribution >= 4 is 0 Å². The fourth-order valence-corrected chi connectivity index (χ4v) is 1.75. The number of benzene rings is 1. The maximum absolute atomic E-state index is 13.0. The minimum Gasteiger partial charge on any atom is -0.436 e. The predicted molar refractivity (Wildman–Crippen MR) is 62.3 cm³/mol. The van der Waals surface area contributed by atoms with Crippen molar-refractivity contribution in [2.75, 3.05) is 0 Å². The second-order valence-corrected chi connectivity index (χ2v) is 4.53. The van der Waals surface area contributed by atoms with Crippen LogP contribution in [0.5, 0.6) is 0 Å². The lowest BCUT2D eigenvalue weighted by Gasteiger charge is -2.15. The minimum absolute atomic E-state index is 0.334. The van der Waals surface area contributed by atoms with Crippen LogP contribution in [0.4, 0.5) is 4.39 Å². The fourth-order valence-electron chi connectivity index (χ4n) is 1.75. The lowest BCUT2D eigenvalue weighted by atomic mass is 9.91. The van der Waals surface area contributed by atoms with Gasteiger partial charge in [0.1, 0.15) is 5.76 Å². The molecule has 1 aliphatic rings. The van der Waals surface area contributed by atoms with Crippen molar-refractivity contribution in [3.05, 3.63) is 59.8 Å². The third-order valence-corrected chi connectivity index (χ3v) is 2.68. The topological polar surface area (TPSA) is 9.23 Å². The molecule has 1 aromatic carbocycles. The molecule has 2 rings (SSSR count). The van der Waals surface area contributed by atoms with E-state index in [1.54, 1.807) is 0 Å². The van der Waals surface area contributed by atoms with Gasteiger partial charge in [-0.3, -0.25) is 0 Å². The Morgan fingerprint density at radius 3 is 2.50 bits per heavy atom. The molecule has 0 N–H and O–H groups in total. The van der Waals surface area contributed by atoms with E-state index in [0.29, 0.717) is 5.76 Å². The number of ether oxygens (including phenoxy) is 1. The van der Waals surface area contributed by atoms with Gasteiger partial charge in [-0.15, -0.1) is 0 Å². The van der Waals surface area contributed by atoms with Gasteiger partial charge in [0.05, 0.1) is 0 Å². The highest BCUT2D eigenvalue weighted by atomic mass is 19.1. The van der Waals surface area contributed by atoms with Crippen LogP contribution in [0.2, 0.25) is 0 Å². The monoisotopic (exact) mass is 218 g/mol.